The summed E-state index contributed by atoms with van der Waals surface area (Å²) in [6.07, 6.45) is 4.40. The minimum Gasteiger partial charge on any atom is -0.469 e. The molecule has 2 nitrogen and oxygen atoms in total. The van der Waals surface area contributed by atoms with Crippen molar-refractivity contribution in [3.05, 3.63) is 0 Å². The molecular weight excluding hydrogens is 220 g/mol. The second-order valence-corrected chi connectivity index (χ2v) is 5.07. The molecule has 0 aromatic carbocycles. The van der Waals surface area contributed by atoms with E-state index in [4.69, 9.17) is 4.74 Å². The van der Waals surface area contributed by atoms with Gasteiger partial charge in [0.15, 0.2) is 0 Å². The average molecular weight is 233 g/mol. The van der Waals surface area contributed by atoms with Crippen LogP contribution < -0.4 is 0 Å². The number of ether oxygens (including phenoxy) is 1. The largest absolute Gasteiger partial charge is 0.469 e. The highest BCUT2D eigenvalue weighted by Crippen LogP contribution is 2.57. The smallest absolute Gasteiger partial charge is 0.312 e. The van der Waals surface area contributed by atoms with Crippen LogP contribution in [0.25, 0.3) is 0 Å². The first-order chi connectivity index (χ1) is 5.69. The van der Waals surface area contributed by atoms with Gasteiger partial charge in [0.25, 0.3) is 0 Å². The monoisotopic (exact) mass is 232 g/mol. The van der Waals surface area contributed by atoms with Crippen molar-refractivity contribution in [2.75, 3.05) is 7.11 Å². The summed E-state index contributed by atoms with van der Waals surface area (Å²) in [5.74, 6) is 0.748. The molecule has 12 heavy (non-hydrogen) atoms. The fourth-order valence-corrected chi connectivity index (χ4v) is 3.83. The van der Waals surface area contributed by atoms with Gasteiger partial charge in [0.1, 0.15) is 0 Å². The zero-order chi connectivity index (χ0) is 8.77. The lowest BCUT2D eigenvalue weighted by Gasteiger charge is -2.28. The summed E-state index contributed by atoms with van der Waals surface area (Å²) < 4.78 is 4.86. The van der Waals surface area contributed by atoms with Crippen LogP contribution in [0.4, 0.5) is 0 Å². The first kappa shape index (κ1) is 8.54. The molecule has 0 spiro atoms. The lowest BCUT2D eigenvalue weighted by molar-refractivity contribution is -0.151. The molecule has 2 rings (SSSR count). The van der Waals surface area contributed by atoms with Crippen LogP contribution in [0.2, 0.25) is 0 Å². The third-order valence-electron chi connectivity index (χ3n) is 3.38. The highest BCUT2D eigenvalue weighted by atomic mass is 79.9. The summed E-state index contributed by atoms with van der Waals surface area (Å²) in [5, 5.41) is 0. The van der Waals surface area contributed by atoms with Crippen molar-refractivity contribution in [3.63, 3.8) is 0 Å². The van der Waals surface area contributed by atoms with Crippen molar-refractivity contribution >= 4 is 21.9 Å². The Bertz CT molecular complexity index is 217. The number of rotatable bonds is 1. The van der Waals surface area contributed by atoms with E-state index < -0.39 is 0 Å². The first-order valence-corrected chi connectivity index (χ1v) is 5.33. The molecule has 3 atom stereocenters. The second kappa shape index (κ2) is 2.72. The first-order valence-electron chi connectivity index (χ1n) is 4.41. The third kappa shape index (κ3) is 0.951. The molecule has 0 radical (unpaired) electrons. The molecule has 0 N–H and O–H groups in total. The Morgan fingerprint density at radius 3 is 2.83 bits per heavy atom. The predicted molar refractivity (Wildman–Crippen MR) is 49.1 cm³/mol. The molecular formula is C9H13BrO2. The van der Waals surface area contributed by atoms with Gasteiger partial charge in [0.2, 0.25) is 0 Å². The molecule has 0 heterocycles. The van der Waals surface area contributed by atoms with Crippen LogP contribution in [0, 0.1) is 11.3 Å². The van der Waals surface area contributed by atoms with E-state index in [1.165, 1.54) is 13.5 Å². The zero-order valence-corrected chi connectivity index (χ0v) is 8.76. The molecule has 0 unspecified atom stereocenters. The summed E-state index contributed by atoms with van der Waals surface area (Å²) in [7, 11) is 1.49. The molecule has 0 aliphatic heterocycles. The van der Waals surface area contributed by atoms with Crippen LogP contribution in [0.5, 0.6) is 0 Å². The fourth-order valence-electron chi connectivity index (χ4n) is 2.70. The van der Waals surface area contributed by atoms with Gasteiger partial charge in [-0.15, -0.1) is 0 Å². The number of hydrogen-bond acceptors (Lipinski definition) is 2. The average Bonchev–Trinajstić information content (AvgIpc) is 2.60. The highest BCUT2D eigenvalue weighted by Gasteiger charge is 2.56. The quantitative estimate of drug-likeness (QED) is 0.512. The molecule has 2 aliphatic rings. The summed E-state index contributed by atoms with van der Waals surface area (Å²) in [6, 6.07) is 0. The van der Waals surface area contributed by atoms with E-state index in [9.17, 15) is 4.79 Å². The van der Waals surface area contributed by atoms with Crippen molar-refractivity contribution in [1.82, 2.24) is 0 Å². The van der Waals surface area contributed by atoms with E-state index in [0.717, 1.165) is 25.2 Å². The Hall–Kier alpha value is -0.0500. The van der Waals surface area contributed by atoms with E-state index in [-0.39, 0.29) is 11.4 Å². The van der Waals surface area contributed by atoms with Gasteiger partial charge in [-0.1, -0.05) is 15.9 Å². The minimum atomic E-state index is -0.167. The second-order valence-electron chi connectivity index (χ2n) is 3.96. The molecule has 0 aromatic heterocycles. The Labute approximate surface area is 80.8 Å². The van der Waals surface area contributed by atoms with Gasteiger partial charge < -0.3 is 4.74 Å². The standard InChI is InChI=1S/C9H13BrO2/c1-12-8(11)9-3-2-6(5-9)4-7(9)10/h6-7H,2-5H2,1H3/t6-,7-,9+/m0/s1. The molecule has 2 fully saturated rings. The summed E-state index contributed by atoms with van der Waals surface area (Å²) >= 11 is 3.59. The molecule has 3 heteroatoms. The van der Waals surface area contributed by atoms with Crippen LogP contribution in [0.15, 0.2) is 0 Å². The molecule has 0 saturated heterocycles. The van der Waals surface area contributed by atoms with E-state index in [2.05, 4.69) is 15.9 Å². The van der Waals surface area contributed by atoms with Gasteiger partial charge in [0.05, 0.1) is 12.5 Å². The number of carbonyl (C=O) groups is 1. The van der Waals surface area contributed by atoms with E-state index in [0.29, 0.717) is 4.83 Å². The van der Waals surface area contributed by atoms with Gasteiger partial charge in [-0.25, -0.2) is 0 Å². The van der Waals surface area contributed by atoms with Crippen LogP contribution in [-0.2, 0) is 9.53 Å². The number of methoxy groups -OCH3 is 1. The molecule has 2 bridgehead atoms. The van der Waals surface area contributed by atoms with E-state index in [1.54, 1.807) is 0 Å². The number of esters is 1. The van der Waals surface area contributed by atoms with E-state index in [1.807, 2.05) is 0 Å². The Balaban J connectivity index is 2.23. The van der Waals surface area contributed by atoms with Gasteiger partial charge in [0, 0.05) is 4.83 Å². The lowest BCUT2D eigenvalue weighted by atomic mass is 9.84. The van der Waals surface area contributed by atoms with Crippen molar-refractivity contribution in [2.45, 2.75) is 30.5 Å². The van der Waals surface area contributed by atoms with Crippen molar-refractivity contribution < 1.29 is 9.53 Å². The maximum absolute atomic E-state index is 11.6. The molecule has 68 valence electrons. The topological polar surface area (TPSA) is 26.3 Å². The highest BCUT2D eigenvalue weighted by molar-refractivity contribution is 9.09. The number of alkyl halides is 1. The molecule has 0 amide bonds. The van der Waals surface area contributed by atoms with E-state index >= 15 is 0 Å². The Morgan fingerprint density at radius 2 is 2.42 bits per heavy atom. The SMILES string of the molecule is COC(=O)[C@@]12CC[C@@H](C[C@@H]1Br)C2. The fraction of sp³-hybridized carbons (Fsp3) is 0.889. The van der Waals surface area contributed by atoms with Gasteiger partial charge in [-0.3, -0.25) is 4.79 Å². The normalized spacial score (nSPS) is 44.8. The summed E-state index contributed by atoms with van der Waals surface area (Å²) in [6.45, 7) is 0. The molecule has 2 saturated carbocycles. The summed E-state index contributed by atoms with van der Waals surface area (Å²) in [5.41, 5.74) is -0.167. The molecule has 0 aromatic rings. The van der Waals surface area contributed by atoms with Gasteiger partial charge >= 0.3 is 5.97 Å². The number of carbonyl (C=O) groups excluding carboxylic acids is 1. The van der Waals surface area contributed by atoms with Crippen molar-refractivity contribution in [2.24, 2.45) is 11.3 Å². The predicted octanol–water partition coefficient (Wildman–Crippen LogP) is 2.11. The van der Waals surface area contributed by atoms with Crippen LogP contribution in [0.3, 0.4) is 0 Å². The lowest BCUT2D eigenvalue weighted by Crippen LogP contribution is -2.35. The minimum absolute atomic E-state index is 0.00984. The maximum Gasteiger partial charge on any atom is 0.312 e. The van der Waals surface area contributed by atoms with Crippen molar-refractivity contribution in [3.8, 4) is 0 Å². The van der Waals surface area contributed by atoms with Crippen LogP contribution >= 0.6 is 15.9 Å². The van der Waals surface area contributed by atoms with Gasteiger partial charge in [-0.2, -0.15) is 0 Å². The zero-order valence-electron chi connectivity index (χ0n) is 7.18. The van der Waals surface area contributed by atoms with Crippen LogP contribution in [-0.4, -0.2) is 17.9 Å². The Morgan fingerprint density at radius 1 is 1.67 bits per heavy atom. The number of hydrogen-bond donors (Lipinski definition) is 0. The number of fused-ring (bicyclic) bond motifs is 2. The van der Waals surface area contributed by atoms with Crippen molar-refractivity contribution in [1.29, 1.82) is 0 Å². The third-order valence-corrected chi connectivity index (χ3v) is 4.63. The van der Waals surface area contributed by atoms with Gasteiger partial charge in [-0.05, 0) is 31.6 Å². The number of halogens is 1. The Kier molecular flexibility index (Phi) is 1.94. The summed E-state index contributed by atoms with van der Waals surface area (Å²) in [4.78, 5) is 11.9. The van der Waals surface area contributed by atoms with Crippen LogP contribution in [0.1, 0.15) is 25.7 Å². The maximum atomic E-state index is 11.6. The molecule has 2 aliphatic carbocycles.